The Bertz CT molecular complexity index is 539. The molecule has 0 aromatic carbocycles. The first-order chi connectivity index (χ1) is 10.6. The number of β-amino-alcohol motifs (C(OH)–C–C–N with tert-alkyl or cyclic N) is 1. The molecule has 4 atom stereocenters. The largest absolute Gasteiger partial charge is 0.469 e. The molecule has 0 spiro atoms. The van der Waals surface area contributed by atoms with Crippen molar-refractivity contribution in [3.05, 3.63) is 0 Å². The van der Waals surface area contributed by atoms with Gasteiger partial charge in [-0.25, -0.2) is 8.42 Å². The van der Waals surface area contributed by atoms with Crippen molar-refractivity contribution in [3.8, 4) is 0 Å². The molecule has 0 radical (unpaired) electrons. The van der Waals surface area contributed by atoms with Gasteiger partial charge in [-0.3, -0.25) is 4.79 Å². The Balaban J connectivity index is 2.14. The first kappa shape index (κ1) is 18.7. The predicted molar refractivity (Wildman–Crippen MR) is 87.2 cm³/mol. The molecule has 134 valence electrons. The number of carbonyl (C=O) groups excluding carboxylic acids is 1. The van der Waals surface area contributed by atoms with Gasteiger partial charge in [-0.05, 0) is 30.6 Å². The first-order valence-corrected chi connectivity index (χ1v) is 9.84. The molecule has 1 N–H and O–H groups in total. The fourth-order valence-electron chi connectivity index (χ4n) is 4.04. The Kier molecular flexibility index (Phi) is 5.43. The van der Waals surface area contributed by atoms with Crippen LogP contribution in [0.1, 0.15) is 46.5 Å². The molecule has 2 rings (SSSR count). The average molecular weight is 347 g/mol. The van der Waals surface area contributed by atoms with E-state index in [1.165, 1.54) is 11.4 Å². The number of carbonyl (C=O) groups is 1. The summed E-state index contributed by atoms with van der Waals surface area (Å²) in [6, 6.07) is 0. The molecule has 1 aliphatic carbocycles. The van der Waals surface area contributed by atoms with E-state index in [-0.39, 0.29) is 17.9 Å². The summed E-state index contributed by atoms with van der Waals surface area (Å²) in [6.45, 7) is 6.72. The first-order valence-electron chi connectivity index (χ1n) is 8.34. The molecule has 6 nitrogen and oxygen atoms in total. The Labute approximate surface area is 139 Å². The number of sulfonamides is 1. The number of piperidine rings is 1. The van der Waals surface area contributed by atoms with Crippen molar-refractivity contribution in [1.29, 1.82) is 0 Å². The van der Waals surface area contributed by atoms with Gasteiger partial charge in [-0.15, -0.1) is 0 Å². The molecule has 0 aromatic rings. The lowest BCUT2D eigenvalue weighted by atomic mass is 9.74. The van der Waals surface area contributed by atoms with Crippen LogP contribution < -0.4 is 0 Å². The monoisotopic (exact) mass is 347 g/mol. The van der Waals surface area contributed by atoms with Crippen LogP contribution in [-0.4, -0.2) is 55.4 Å². The summed E-state index contributed by atoms with van der Waals surface area (Å²) in [6.07, 6.45) is 1.72. The highest BCUT2D eigenvalue weighted by molar-refractivity contribution is 7.89. The summed E-state index contributed by atoms with van der Waals surface area (Å²) in [5.41, 5.74) is -0.0584. The highest BCUT2D eigenvalue weighted by atomic mass is 32.2. The van der Waals surface area contributed by atoms with Gasteiger partial charge in [0.1, 0.15) is 0 Å². The minimum Gasteiger partial charge on any atom is -0.469 e. The molecule has 2 fully saturated rings. The number of methoxy groups -OCH3 is 1. The van der Waals surface area contributed by atoms with Gasteiger partial charge >= 0.3 is 5.97 Å². The second kappa shape index (κ2) is 6.69. The van der Waals surface area contributed by atoms with Crippen molar-refractivity contribution in [2.45, 2.75) is 57.8 Å². The Hall–Kier alpha value is -0.660. The predicted octanol–water partition coefficient (Wildman–Crippen LogP) is 1.39. The number of aliphatic hydroxyl groups excluding tert-OH is 1. The summed E-state index contributed by atoms with van der Waals surface area (Å²) in [7, 11) is -2.30. The van der Waals surface area contributed by atoms with E-state index in [1.807, 2.05) is 0 Å². The van der Waals surface area contributed by atoms with Crippen LogP contribution in [0.2, 0.25) is 0 Å². The van der Waals surface area contributed by atoms with Crippen molar-refractivity contribution in [2.75, 3.05) is 20.2 Å². The molecule has 1 saturated carbocycles. The number of rotatable bonds is 3. The SMILES string of the molecule is COC(=O)C1CCCC1S(=O)(=O)N1CCC(C(C)(C)C)C(O)C1. The van der Waals surface area contributed by atoms with Gasteiger partial charge in [0.15, 0.2) is 0 Å². The van der Waals surface area contributed by atoms with E-state index in [1.54, 1.807) is 0 Å². The van der Waals surface area contributed by atoms with Crippen molar-refractivity contribution in [1.82, 2.24) is 4.31 Å². The Morgan fingerprint density at radius 2 is 1.87 bits per heavy atom. The number of nitrogens with zero attached hydrogens (tertiary/aromatic N) is 1. The summed E-state index contributed by atoms with van der Waals surface area (Å²) in [4.78, 5) is 11.8. The molecule has 1 aliphatic heterocycles. The Morgan fingerprint density at radius 1 is 1.22 bits per heavy atom. The molecule has 23 heavy (non-hydrogen) atoms. The summed E-state index contributed by atoms with van der Waals surface area (Å²) in [5, 5.41) is 9.69. The smallest absolute Gasteiger partial charge is 0.310 e. The third-order valence-corrected chi connectivity index (χ3v) is 7.74. The number of aliphatic hydroxyl groups is 1. The number of hydrogen-bond acceptors (Lipinski definition) is 5. The van der Waals surface area contributed by atoms with E-state index in [0.717, 1.165) is 0 Å². The van der Waals surface area contributed by atoms with Crippen LogP contribution in [0.15, 0.2) is 0 Å². The lowest BCUT2D eigenvalue weighted by Gasteiger charge is -2.42. The quantitative estimate of drug-likeness (QED) is 0.780. The fraction of sp³-hybridized carbons (Fsp3) is 0.938. The zero-order valence-electron chi connectivity index (χ0n) is 14.5. The second-order valence-corrected chi connectivity index (χ2v) is 9.98. The van der Waals surface area contributed by atoms with E-state index in [2.05, 4.69) is 20.8 Å². The van der Waals surface area contributed by atoms with Crippen LogP contribution in [0.25, 0.3) is 0 Å². The van der Waals surface area contributed by atoms with Crippen LogP contribution in [0.4, 0.5) is 0 Å². The van der Waals surface area contributed by atoms with Gasteiger partial charge in [-0.1, -0.05) is 27.2 Å². The zero-order valence-corrected chi connectivity index (χ0v) is 15.3. The molecular formula is C16H29NO5S. The molecule has 7 heteroatoms. The van der Waals surface area contributed by atoms with Gasteiger partial charge in [0.25, 0.3) is 0 Å². The maximum absolute atomic E-state index is 12.9. The molecular weight excluding hydrogens is 318 g/mol. The van der Waals surface area contributed by atoms with Crippen molar-refractivity contribution < 1.29 is 23.1 Å². The fourth-order valence-corrected chi connectivity index (χ4v) is 6.27. The van der Waals surface area contributed by atoms with E-state index in [9.17, 15) is 18.3 Å². The van der Waals surface area contributed by atoms with E-state index >= 15 is 0 Å². The summed E-state index contributed by atoms with van der Waals surface area (Å²) < 4.78 is 32.0. The lowest BCUT2D eigenvalue weighted by Crippen LogP contribution is -2.53. The lowest BCUT2D eigenvalue weighted by molar-refractivity contribution is -0.145. The summed E-state index contributed by atoms with van der Waals surface area (Å²) >= 11 is 0. The normalized spacial score (nSPS) is 33.6. The van der Waals surface area contributed by atoms with E-state index in [0.29, 0.717) is 32.2 Å². The molecule has 1 heterocycles. The Morgan fingerprint density at radius 3 is 2.39 bits per heavy atom. The maximum atomic E-state index is 12.9. The molecule has 2 aliphatic rings. The van der Waals surface area contributed by atoms with Crippen LogP contribution in [-0.2, 0) is 19.6 Å². The second-order valence-electron chi connectivity index (χ2n) is 7.83. The van der Waals surface area contributed by atoms with Gasteiger partial charge in [-0.2, -0.15) is 4.31 Å². The van der Waals surface area contributed by atoms with Crippen LogP contribution in [0.3, 0.4) is 0 Å². The highest BCUT2D eigenvalue weighted by Gasteiger charge is 2.47. The van der Waals surface area contributed by atoms with Crippen molar-refractivity contribution in [2.24, 2.45) is 17.3 Å². The third kappa shape index (κ3) is 3.72. The highest BCUT2D eigenvalue weighted by Crippen LogP contribution is 2.38. The number of esters is 1. The third-order valence-electron chi connectivity index (χ3n) is 5.36. The van der Waals surface area contributed by atoms with Gasteiger partial charge < -0.3 is 9.84 Å². The van der Waals surface area contributed by atoms with Gasteiger partial charge in [0.05, 0.1) is 24.4 Å². The minimum absolute atomic E-state index is 0.0584. The van der Waals surface area contributed by atoms with E-state index < -0.39 is 33.3 Å². The van der Waals surface area contributed by atoms with Crippen LogP contribution in [0, 0.1) is 17.3 Å². The number of ether oxygens (including phenoxy) is 1. The van der Waals surface area contributed by atoms with Crippen molar-refractivity contribution in [3.63, 3.8) is 0 Å². The molecule has 0 bridgehead atoms. The van der Waals surface area contributed by atoms with Gasteiger partial charge in [0.2, 0.25) is 10.0 Å². The topological polar surface area (TPSA) is 83.9 Å². The molecule has 4 unspecified atom stereocenters. The zero-order chi connectivity index (χ0) is 17.4. The standard InChI is InChI=1S/C16H29NO5S/c1-16(2,3)12-8-9-17(10-13(12)18)23(20,21)14-7-5-6-11(14)15(19)22-4/h11-14,18H,5-10H2,1-4H3. The molecule has 1 saturated heterocycles. The number of hydrogen-bond donors (Lipinski definition) is 1. The van der Waals surface area contributed by atoms with Crippen LogP contribution >= 0.6 is 0 Å². The summed E-state index contributed by atoms with van der Waals surface area (Å²) in [5.74, 6) is -0.947. The maximum Gasteiger partial charge on any atom is 0.310 e. The minimum atomic E-state index is -3.60. The molecule has 0 amide bonds. The van der Waals surface area contributed by atoms with Crippen molar-refractivity contribution >= 4 is 16.0 Å². The van der Waals surface area contributed by atoms with Gasteiger partial charge in [0, 0.05) is 13.1 Å². The van der Waals surface area contributed by atoms with Crippen LogP contribution in [0.5, 0.6) is 0 Å². The average Bonchev–Trinajstić information content (AvgIpc) is 2.95. The van der Waals surface area contributed by atoms with E-state index in [4.69, 9.17) is 4.74 Å². The molecule has 0 aromatic heterocycles.